The molecule has 0 saturated carbocycles. The number of phenolic OH excluding ortho intramolecular Hbond substituents is 1. The van der Waals surface area contributed by atoms with Crippen molar-refractivity contribution in [1.82, 2.24) is 5.32 Å². The molecule has 7 heteroatoms. The minimum atomic E-state index is -0.238. The Kier molecular flexibility index (Phi) is 6.34. The summed E-state index contributed by atoms with van der Waals surface area (Å²) in [6.45, 7) is 4.41. The molecule has 0 bridgehead atoms. The molecule has 0 unspecified atom stereocenters. The van der Waals surface area contributed by atoms with E-state index in [0.29, 0.717) is 21.7 Å². The average Bonchev–Trinajstić information content (AvgIpc) is 2.99. The average molecular weight is 449 g/mol. The fourth-order valence-corrected chi connectivity index (χ4v) is 4.06. The molecule has 3 N–H and O–H groups in total. The van der Waals surface area contributed by atoms with E-state index in [2.05, 4.69) is 45.6 Å². The smallest absolute Gasteiger partial charge is 0.260 e. The van der Waals surface area contributed by atoms with Crippen LogP contribution >= 0.6 is 27.7 Å². The number of benzene rings is 2. The van der Waals surface area contributed by atoms with Crippen LogP contribution in [0.15, 0.2) is 45.8 Å². The van der Waals surface area contributed by atoms with E-state index in [1.165, 1.54) is 17.3 Å². The van der Waals surface area contributed by atoms with E-state index < -0.39 is 0 Å². The first-order valence-corrected chi connectivity index (χ1v) is 10.4. The van der Waals surface area contributed by atoms with Gasteiger partial charge in [0.15, 0.2) is 17.0 Å². The van der Waals surface area contributed by atoms with Crippen LogP contribution in [0.3, 0.4) is 0 Å². The molecule has 1 aliphatic heterocycles. The standard InChI is InChI=1S/C20H21BrN2O3S/c1-3-12-5-7-14(8-6-12)22-20-23-19(25)18(27-20)10-13-9-17(26-4-2)16(24)11-15(13)21/h5-11,20,22,24H,3-4H2,1-2H3,(H,23,25)/b18-10-/t20-/m0/s1. The van der Waals surface area contributed by atoms with Crippen molar-refractivity contribution in [3.05, 3.63) is 56.9 Å². The second-order valence-electron chi connectivity index (χ2n) is 5.95. The monoisotopic (exact) mass is 448 g/mol. The molecular weight excluding hydrogens is 428 g/mol. The van der Waals surface area contributed by atoms with Gasteiger partial charge in [-0.3, -0.25) is 4.79 Å². The highest BCUT2D eigenvalue weighted by molar-refractivity contribution is 9.10. The van der Waals surface area contributed by atoms with E-state index in [4.69, 9.17) is 4.74 Å². The number of ether oxygens (including phenoxy) is 1. The molecule has 1 fully saturated rings. The summed E-state index contributed by atoms with van der Waals surface area (Å²) in [4.78, 5) is 12.9. The van der Waals surface area contributed by atoms with Crippen LogP contribution in [0.25, 0.3) is 6.08 Å². The number of aromatic hydroxyl groups is 1. The summed E-state index contributed by atoms with van der Waals surface area (Å²) in [6, 6.07) is 11.5. The molecule has 142 valence electrons. The number of carbonyl (C=O) groups excluding carboxylic acids is 1. The third-order valence-corrected chi connectivity index (χ3v) is 5.77. The van der Waals surface area contributed by atoms with Crippen molar-refractivity contribution < 1.29 is 14.6 Å². The Morgan fingerprint density at radius 1 is 1.30 bits per heavy atom. The van der Waals surface area contributed by atoms with Crippen molar-refractivity contribution in [2.75, 3.05) is 11.9 Å². The number of hydrogen-bond donors (Lipinski definition) is 3. The maximum absolute atomic E-state index is 12.3. The fourth-order valence-electron chi connectivity index (χ4n) is 2.63. The molecule has 2 aromatic rings. The molecule has 3 rings (SSSR count). The van der Waals surface area contributed by atoms with Crippen LogP contribution in [0, 0.1) is 0 Å². The van der Waals surface area contributed by atoms with E-state index in [1.807, 2.05) is 19.1 Å². The molecule has 0 aromatic heterocycles. The molecule has 1 amide bonds. The molecule has 1 heterocycles. The van der Waals surface area contributed by atoms with Gasteiger partial charge in [0.2, 0.25) is 0 Å². The van der Waals surface area contributed by atoms with E-state index in [-0.39, 0.29) is 17.2 Å². The summed E-state index contributed by atoms with van der Waals surface area (Å²) in [5.74, 6) is 0.312. The van der Waals surface area contributed by atoms with E-state index >= 15 is 0 Å². The summed E-state index contributed by atoms with van der Waals surface area (Å²) < 4.78 is 6.11. The quantitative estimate of drug-likeness (QED) is 0.557. The Hall–Kier alpha value is -2.12. The second kappa shape index (κ2) is 8.71. The van der Waals surface area contributed by atoms with E-state index in [1.54, 1.807) is 18.2 Å². The maximum Gasteiger partial charge on any atom is 0.260 e. The Balaban J connectivity index is 1.75. The Bertz CT molecular complexity index is 868. The van der Waals surface area contributed by atoms with Gasteiger partial charge < -0.3 is 20.5 Å². The number of hydrogen-bond acceptors (Lipinski definition) is 5. The predicted octanol–water partition coefficient (Wildman–Crippen LogP) is 4.72. The van der Waals surface area contributed by atoms with Crippen LogP contribution in [0.4, 0.5) is 5.69 Å². The van der Waals surface area contributed by atoms with Crippen molar-refractivity contribution in [3.8, 4) is 11.5 Å². The van der Waals surface area contributed by atoms with Crippen LogP contribution in [-0.2, 0) is 11.2 Å². The zero-order chi connectivity index (χ0) is 19.4. The number of rotatable bonds is 6. The summed E-state index contributed by atoms with van der Waals surface area (Å²) >= 11 is 4.84. The molecule has 0 spiro atoms. The number of anilines is 1. The lowest BCUT2D eigenvalue weighted by atomic mass is 10.1. The lowest BCUT2D eigenvalue weighted by Gasteiger charge is -2.13. The van der Waals surface area contributed by atoms with Gasteiger partial charge in [0.25, 0.3) is 5.91 Å². The minimum Gasteiger partial charge on any atom is -0.504 e. The molecule has 5 nitrogen and oxygen atoms in total. The number of halogens is 1. The number of phenols is 1. The molecule has 1 saturated heterocycles. The largest absolute Gasteiger partial charge is 0.504 e. The van der Waals surface area contributed by atoms with Crippen molar-refractivity contribution in [2.24, 2.45) is 0 Å². The van der Waals surface area contributed by atoms with E-state index in [9.17, 15) is 9.90 Å². The first-order chi connectivity index (χ1) is 13.0. The molecule has 0 radical (unpaired) electrons. The predicted molar refractivity (Wildman–Crippen MR) is 114 cm³/mol. The number of nitrogens with one attached hydrogen (secondary N) is 2. The van der Waals surface area contributed by atoms with Crippen molar-refractivity contribution in [1.29, 1.82) is 0 Å². The van der Waals surface area contributed by atoms with Crippen LogP contribution in [0.1, 0.15) is 25.0 Å². The Labute approximate surface area is 171 Å². The molecule has 0 aliphatic carbocycles. The van der Waals surface area contributed by atoms with Gasteiger partial charge in [-0.25, -0.2) is 0 Å². The van der Waals surface area contributed by atoms with Crippen LogP contribution in [-0.4, -0.2) is 23.1 Å². The minimum absolute atomic E-state index is 0.0597. The van der Waals surface area contributed by atoms with Gasteiger partial charge in [-0.15, -0.1) is 0 Å². The van der Waals surface area contributed by atoms with Gasteiger partial charge in [0.05, 0.1) is 11.5 Å². The van der Waals surface area contributed by atoms with Gasteiger partial charge in [-0.1, -0.05) is 46.7 Å². The highest BCUT2D eigenvalue weighted by atomic mass is 79.9. The van der Waals surface area contributed by atoms with Gasteiger partial charge in [-0.05, 0) is 54.8 Å². The van der Waals surface area contributed by atoms with Crippen molar-refractivity contribution in [2.45, 2.75) is 25.8 Å². The van der Waals surface area contributed by atoms with Gasteiger partial charge in [0, 0.05) is 10.2 Å². The lowest BCUT2D eigenvalue weighted by Crippen LogP contribution is -2.30. The van der Waals surface area contributed by atoms with E-state index in [0.717, 1.165) is 17.7 Å². The van der Waals surface area contributed by atoms with Crippen LogP contribution < -0.4 is 15.4 Å². The zero-order valence-corrected chi connectivity index (χ0v) is 17.5. The molecule has 1 atom stereocenters. The van der Waals surface area contributed by atoms with Crippen LogP contribution in [0.2, 0.25) is 0 Å². The molecular formula is C20H21BrN2O3S. The molecule has 27 heavy (non-hydrogen) atoms. The highest BCUT2D eigenvalue weighted by Gasteiger charge is 2.27. The number of amides is 1. The summed E-state index contributed by atoms with van der Waals surface area (Å²) in [5, 5.41) is 16.2. The van der Waals surface area contributed by atoms with Gasteiger partial charge in [-0.2, -0.15) is 0 Å². The second-order valence-corrected chi connectivity index (χ2v) is 7.95. The number of thioether (sulfide) groups is 1. The first-order valence-electron chi connectivity index (χ1n) is 8.70. The van der Waals surface area contributed by atoms with Crippen molar-refractivity contribution >= 4 is 45.4 Å². The first kappa shape index (κ1) is 19.6. The van der Waals surface area contributed by atoms with Gasteiger partial charge in [0.1, 0.15) is 0 Å². The zero-order valence-electron chi connectivity index (χ0n) is 15.1. The van der Waals surface area contributed by atoms with Crippen molar-refractivity contribution in [3.63, 3.8) is 0 Å². The third kappa shape index (κ3) is 4.78. The Morgan fingerprint density at radius 3 is 2.70 bits per heavy atom. The SMILES string of the molecule is CCOc1cc(/C=C2\S[C@@H](Nc3ccc(CC)cc3)NC2=O)c(Br)cc1O. The summed E-state index contributed by atoms with van der Waals surface area (Å²) in [7, 11) is 0. The van der Waals surface area contributed by atoms with Gasteiger partial charge >= 0.3 is 0 Å². The molecule has 1 aliphatic rings. The highest BCUT2D eigenvalue weighted by Crippen LogP contribution is 2.36. The summed E-state index contributed by atoms with van der Waals surface area (Å²) in [6.07, 6.45) is 2.78. The maximum atomic E-state index is 12.3. The topological polar surface area (TPSA) is 70.6 Å². The molecule has 2 aromatic carbocycles. The number of carbonyl (C=O) groups is 1. The third-order valence-electron chi connectivity index (χ3n) is 4.06. The lowest BCUT2D eigenvalue weighted by molar-refractivity contribution is -0.116. The fraction of sp³-hybridized carbons (Fsp3) is 0.250. The Morgan fingerprint density at radius 2 is 2.04 bits per heavy atom. The number of aryl methyl sites for hydroxylation is 1. The van der Waals surface area contributed by atoms with Crippen LogP contribution in [0.5, 0.6) is 11.5 Å². The normalized spacial score (nSPS) is 17.8. The summed E-state index contributed by atoms with van der Waals surface area (Å²) in [5.41, 5.74) is 2.75.